The van der Waals surface area contributed by atoms with Crippen molar-refractivity contribution in [3.8, 4) is 5.95 Å². The fourth-order valence-corrected chi connectivity index (χ4v) is 2.75. The molecule has 3 aromatic rings. The lowest BCUT2D eigenvalue weighted by Crippen LogP contribution is -2.22. The van der Waals surface area contributed by atoms with Gasteiger partial charge in [-0.2, -0.15) is 19.6 Å². The van der Waals surface area contributed by atoms with Crippen LogP contribution >= 0.6 is 0 Å². The summed E-state index contributed by atoms with van der Waals surface area (Å²) in [4.78, 5) is 47.0. The van der Waals surface area contributed by atoms with E-state index in [1.54, 1.807) is 0 Å². The van der Waals surface area contributed by atoms with Crippen LogP contribution in [-0.4, -0.2) is 53.4 Å². The van der Waals surface area contributed by atoms with Crippen LogP contribution in [0.4, 0.5) is 10.7 Å². The van der Waals surface area contributed by atoms with Crippen molar-refractivity contribution in [1.82, 2.24) is 39.8 Å². The second kappa shape index (κ2) is 5.97. The first-order chi connectivity index (χ1) is 13.6. The molecule has 0 spiro atoms. The van der Waals surface area contributed by atoms with Crippen molar-refractivity contribution >= 4 is 35.9 Å². The molecule has 5 rings (SSSR count). The van der Waals surface area contributed by atoms with Crippen molar-refractivity contribution in [1.29, 1.82) is 0 Å². The maximum atomic E-state index is 11.8. The molecule has 3 N–H and O–H groups in total. The molecule has 0 bridgehead atoms. The third-order valence-corrected chi connectivity index (χ3v) is 4.27. The van der Waals surface area contributed by atoms with Gasteiger partial charge in [0.15, 0.2) is 11.9 Å². The molecule has 3 aromatic heterocycles. The molecule has 28 heavy (non-hydrogen) atoms. The van der Waals surface area contributed by atoms with Crippen LogP contribution in [0, 0.1) is 0 Å². The maximum absolute atomic E-state index is 11.8. The number of anilines is 1. The highest BCUT2D eigenvalue weighted by Gasteiger charge is 2.26. The largest absolute Gasteiger partial charge is 0.351 e. The van der Waals surface area contributed by atoms with E-state index >= 15 is 0 Å². The number of rotatable bonds is 5. The average Bonchev–Trinajstić information content (AvgIpc) is 3.08. The monoisotopic (exact) mass is 379 g/mol. The van der Waals surface area contributed by atoms with Gasteiger partial charge in [-0.1, -0.05) is 0 Å². The highest BCUT2D eigenvalue weighted by atomic mass is 16.2. The Bertz CT molecular complexity index is 1170. The summed E-state index contributed by atoms with van der Waals surface area (Å²) in [7, 11) is 0. The molecule has 0 aromatic carbocycles. The van der Waals surface area contributed by atoms with E-state index in [1.165, 1.54) is 33.9 Å². The topological polar surface area (TPSA) is 148 Å². The first-order valence-corrected chi connectivity index (χ1v) is 8.46. The number of aldehydes is 1. The number of fused-ring (bicyclic) bond motifs is 1. The number of carbonyl (C=O) groups excluding carboxylic acids is 3. The number of aromatic nitrogens is 6. The predicted octanol–water partition coefficient (Wildman–Crippen LogP) is -0.123. The van der Waals surface area contributed by atoms with E-state index in [2.05, 4.69) is 36.0 Å². The lowest BCUT2D eigenvalue weighted by molar-refractivity contribution is -0.115. The Labute approximate surface area is 156 Å². The van der Waals surface area contributed by atoms with Crippen LogP contribution in [-0.2, 0) is 4.79 Å². The molecule has 1 saturated heterocycles. The molecule has 2 fully saturated rings. The number of nitrogens with one attached hydrogen (secondary N) is 3. The lowest BCUT2D eigenvalue weighted by atomic mass is 10.2. The quantitative estimate of drug-likeness (QED) is 0.316. The number of hydrogen-bond acceptors (Lipinski definition) is 8. The zero-order valence-electron chi connectivity index (χ0n) is 14.3. The van der Waals surface area contributed by atoms with Crippen molar-refractivity contribution in [2.75, 3.05) is 5.32 Å². The third kappa shape index (κ3) is 2.76. The summed E-state index contributed by atoms with van der Waals surface area (Å²) >= 11 is 0. The molecule has 2 aliphatic rings. The Hall–Kier alpha value is -4.09. The van der Waals surface area contributed by atoms with Gasteiger partial charge in [0.05, 0.1) is 6.20 Å². The van der Waals surface area contributed by atoms with E-state index in [9.17, 15) is 14.4 Å². The van der Waals surface area contributed by atoms with Gasteiger partial charge in [0, 0.05) is 17.8 Å². The number of imidazole rings is 1. The summed E-state index contributed by atoms with van der Waals surface area (Å²) < 4.78 is 3.05. The maximum Gasteiger partial charge on any atom is 0.326 e. The van der Waals surface area contributed by atoms with Gasteiger partial charge >= 0.3 is 6.03 Å². The standard InChI is InChI=1S/C16H13N9O3/c26-6-10-5-24(7-17-10)14-21-12-8(3-11-13(27)22-16(28)20-11)4-18-25(12)15(23-14)19-9-1-2-9/h3-7,9H,1-2H2,(H,19,21,23)(H2,20,22,27,28). The van der Waals surface area contributed by atoms with Crippen molar-refractivity contribution < 1.29 is 14.4 Å². The Morgan fingerprint density at radius 3 is 2.75 bits per heavy atom. The van der Waals surface area contributed by atoms with Crippen molar-refractivity contribution in [2.45, 2.75) is 18.9 Å². The van der Waals surface area contributed by atoms with Gasteiger partial charge in [0.1, 0.15) is 17.7 Å². The Kier molecular flexibility index (Phi) is 3.44. The molecule has 0 atom stereocenters. The van der Waals surface area contributed by atoms with Crippen molar-refractivity contribution in [3.05, 3.63) is 35.7 Å². The number of carbonyl (C=O) groups is 3. The number of hydrogen-bond donors (Lipinski definition) is 3. The second-order valence-corrected chi connectivity index (χ2v) is 6.39. The Morgan fingerprint density at radius 2 is 2.07 bits per heavy atom. The molecule has 12 nitrogen and oxygen atoms in total. The predicted molar refractivity (Wildman–Crippen MR) is 94.6 cm³/mol. The first-order valence-electron chi connectivity index (χ1n) is 8.46. The fourth-order valence-electron chi connectivity index (χ4n) is 2.75. The van der Waals surface area contributed by atoms with E-state index in [1.807, 2.05) is 0 Å². The number of nitrogens with zero attached hydrogens (tertiary/aromatic N) is 6. The molecule has 12 heteroatoms. The van der Waals surface area contributed by atoms with Crippen LogP contribution in [0.25, 0.3) is 17.7 Å². The Morgan fingerprint density at radius 1 is 1.21 bits per heavy atom. The molecule has 1 saturated carbocycles. The van der Waals surface area contributed by atoms with E-state index in [4.69, 9.17) is 0 Å². The van der Waals surface area contributed by atoms with Crippen LogP contribution in [0.2, 0.25) is 0 Å². The summed E-state index contributed by atoms with van der Waals surface area (Å²) in [6.45, 7) is 0. The summed E-state index contributed by atoms with van der Waals surface area (Å²) in [5.41, 5.74) is 1.30. The summed E-state index contributed by atoms with van der Waals surface area (Å²) in [6, 6.07) is -0.274. The van der Waals surface area contributed by atoms with Gasteiger partial charge in [-0.15, -0.1) is 0 Å². The van der Waals surface area contributed by atoms with E-state index in [0.29, 0.717) is 29.5 Å². The van der Waals surface area contributed by atoms with Gasteiger partial charge in [-0.3, -0.25) is 19.5 Å². The minimum absolute atomic E-state index is 0.0997. The van der Waals surface area contributed by atoms with Gasteiger partial charge in [-0.25, -0.2) is 9.78 Å². The van der Waals surface area contributed by atoms with Crippen molar-refractivity contribution in [2.24, 2.45) is 0 Å². The van der Waals surface area contributed by atoms with Crippen molar-refractivity contribution in [3.63, 3.8) is 0 Å². The smallest absolute Gasteiger partial charge is 0.326 e. The third-order valence-electron chi connectivity index (χ3n) is 4.27. The molecular formula is C16H13N9O3. The normalized spacial score (nSPS) is 17.8. The number of urea groups is 1. The van der Waals surface area contributed by atoms with Crippen LogP contribution in [0.3, 0.4) is 0 Å². The molecule has 140 valence electrons. The first kappa shape index (κ1) is 16.1. The average molecular weight is 379 g/mol. The highest BCUT2D eigenvalue weighted by Crippen LogP contribution is 2.25. The molecular weight excluding hydrogens is 366 g/mol. The van der Waals surface area contributed by atoms with Crippen LogP contribution in [0.15, 0.2) is 24.4 Å². The zero-order valence-corrected chi connectivity index (χ0v) is 14.3. The van der Waals surface area contributed by atoms with Crippen LogP contribution in [0.5, 0.6) is 0 Å². The summed E-state index contributed by atoms with van der Waals surface area (Å²) in [6.07, 6.45) is 8.67. The number of amides is 3. The molecule has 1 aliphatic carbocycles. The molecule has 3 amide bonds. The van der Waals surface area contributed by atoms with Gasteiger partial charge < -0.3 is 10.6 Å². The summed E-state index contributed by atoms with van der Waals surface area (Å²) in [5, 5.41) is 12.2. The van der Waals surface area contributed by atoms with E-state index in [-0.39, 0.29) is 17.3 Å². The van der Waals surface area contributed by atoms with E-state index < -0.39 is 11.9 Å². The van der Waals surface area contributed by atoms with Gasteiger partial charge in [0.2, 0.25) is 11.9 Å². The minimum atomic E-state index is -0.584. The lowest BCUT2D eigenvalue weighted by Gasteiger charge is -2.08. The highest BCUT2D eigenvalue weighted by molar-refractivity contribution is 6.14. The molecule has 4 heterocycles. The summed E-state index contributed by atoms with van der Waals surface area (Å²) in [5.74, 6) is 0.241. The minimum Gasteiger partial charge on any atom is -0.351 e. The molecule has 1 aliphatic heterocycles. The SMILES string of the molecule is O=Cc1cn(-c2nc(NC3CC3)n3ncc(C=C4NC(=O)NC4=O)c3n2)cn1. The van der Waals surface area contributed by atoms with Crippen LogP contribution in [0.1, 0.15) is 28.9 Å². The number of imide groups is 1. The van der Waals surface area contributed by atoms with Gasteiger partial charge in [-0.05, 0) is 18.9 Å². The second-order valence-electron chi connectivity index (χ2n) is 6.39. The van der Waals surface area contributed by atoms with Gasteiger partial charge in [0.25, 0.3) is 5.91 Å². The van der Waals surface area contributed by atoms with Crippen LogP contribution < -0.4 is 16.0 Å². The Balaban J connectivity index is 1.65. The molecule has 0 radical (unpaired) electrons. The molecule has 0 unspecified atom stereocenters. The van der Waals surface area contributed by atoms with E-state index in [0.717, 1.165) is 12.8 Å². The zero-order chi connectivity index (χ0) is 19.3. The fraction of sp³-hybridized carbons (Fsp3) is 0.188.